The number of halogens is 2. The van der Waals surface area contributed by atoms with E-state index in [0.29, 0.717) is 17.3 Å². The highest BCUT2D eigenvalue weighted by molar-refractivity contribution is 7.16. The van der Waals surface area contributed by atoms with Gasteiger partial charge in [0.25, 0.3) is 5.91 Å². The highest BCUT2D eigenvalue weighted by Crippen LogP contribution is 2.43. The molecule has 0 saturated heterocycles. The van der Waals surface area contributed by atoms with Crippen molar-refractivity contribution in [3.8, 4) is 17.0 Å². The number of aliphatic carboxylic acids is 1. The van der Waals surface area contributed by atoms with E-state index in [4.69, 9.17) is 38.0 Å². The van der Waals surface area contributed by atoms with Gasteiger partial charge in [-0.2, -0.15) is 0 Å². The molecule has 0 aliphatic carbocycles. The molecule has 0 atom stereocenters. The average molecular weight is 545 g/mol. The van der Waals surface area contributed by atoms with E-state index in [0.717, 1.165) is 34.7 Å². The second-order valence-corrected chi connectivity index (χ2v) is 10.5. The number of carboxylic acid groups (broad SMARTS) is 1. The summed E-state index contributed by atoms with van der Waals surface area (Å²) < 4.78 is 6.11. The summed E-state index contributed by atoms with van der Waals surface area (Å²) in [6.07, 6.45) is 7.08. The van der Waals surface area contributed by atoms with Gasteiger partial charge in [-0.1, -0.05) is 72.9 Å². The maximum absolute atomic E-state index is 12.9. The number of carbonyl (C=O) groups excluding carboxylic acids is 1. The highest BCUT2D eigenvalue weighted by atomic mass is 35.5. The number of benzene rings is 2. The monoisotopic (exact) mass is 544 g/mol. The zero-order chi connectivity index (χ0) is 25.8. The molecule has 188 valence electrons. The third-order valence-electron chi connectivity index (χ3n) is 5.96. The number of hydrogen-bond acceptors (Lipinski definition) is 5. The van der Waals surface area contributed by atoms with E-state index < -0.39 is 11.9 Å². The molecule has 0 radical (unpaired) electrons. The van der Waals surface area contributed by atoms with Gasteiger partial charge in [-0.3, -0.25) is 10.1 Å². The zero-order valence-electron chi connectivity index (χ0n) is 20.0. The van der Waals surface area contributed by atoms with Crippen LogP contribution in [0.15, 0.2) is 35.9 Å². The second kappa shape index (κ2) is 11.5. The molecule has 9 heteroatoms. The molecule has 1 aromatic heterocycles. The number of carboxylic acids is 1. The van der Waals surface area contributed by atoms with E-state index >= 15 is 0 Å². The largest absolute Gasteiger partial charge is 0.487 e. The minimum atomic E-state index is -1.08. The Bertz CT molecular complexity index is 1330. The Balaban J connectivity index is 1.54. The van der Waals surface area contributed by atoms with Crippen molar-refractivity contribution in [1.29, 1.82) is 0 Å². The lowest BCUT2D eigenvalue weighted by Gasteiger charge is -2.19. The van der Waals surface area contributed by atoms with Gasteiger partial charge in [0.15, 0.2) is 5.13 Å². The maximum Gasteiger partial charge on any atom is 0.331 e. The van der Waals surface area contributed by atoms with Crippen LogP contribution in [0, 0.1) is 0 Å². The first-order valence-electron chi connectivity index (χ1n) is 11.7. The van der Waals surface area contributed by atoms with Crippen molar-refractivity contribution in [2.45, 2.75) is 52.6 Å². The molecule has 6 nitrogen and oxygen atoms in total. The standard InChI is InChI=1S/C27H26Cl2N2O4S/c1-3-4-5-6-8-16-9-7-10-18-23-22(14-35-24(16)18)36-27(30-23)31-25(32)17-12-20(28)19(21(29)13-17)11-15(2)26(33)34/h7,9-13H,3-6,8,14H2,1-2H3,(H,33,34)(H,30,31,32). The van der Waals surface area contributed by atoms with Gasteiger partial charge in [0.1, 0.15) is 12.4 Å². The minimum absolute atomic E-state index is 0.0796. The molecular formula is C27H26Cl2N2O4S. The molecule has 0 bridgehead atoms. The quantitative estimate of drug-likeness (QED) is 0.211. The molecule has 0 spiro atoms. The van der Waals surface area contributed by atoms with Gasteiger partial charge in [-0.05, 0) is 49.6 Å². The molecule has 2 heterocycles. The van der Waals surface area contributed by atoms with E-state index in [-0.39, 0.29) is 21.2 Å². The Morgan fingerprint density at radius 3 is 2.64 bits per heavy atom. The van der Waals surface area contributed by atoms with Gasteiger partial charge in [-0.15, -0.1) is 0 Å². The number of unbranched alkanes of at least 4 members (excludes halogenated alkanes) is 3. The number of rotatable bonds is 9. The average Bonchev–Trinajstić information content (AvgIpc) is 3.26. The fourth-order valence-corrected chi connectivity index (χ4v) is 5.51. The number of fused-ring (bicyclic) bond motifs is 3. The molecule has 2 N–H and O–H groups in total. The van der Waals surface area contributed by atoms with Crippen LogP contribution >= 0.6 is 34.5 Å². The molecule has 2 aromatic carbocycles. The molecule has 0 unspecified atom stereocenters. The van der Waals surface area contributed by atoms with Crippen molar-refractivity contribution in [3.05, 3.63) is 67.5 Å². The van der Waals surface area contributed by atoms with Crippen LogP contribution in [0.4, 0.5) is 5.13 Å². The normalized spacial score (nSPS) is 12.5. The predicted molar refractivity (Wildman–Crippen MR) is 145 cm³/mol. The summed E-state index contributed by atoms with van der Waals surface area (Å²) in [5.74, 6) is -0.615. The first kappa shape index (κ1) is 26.2. The van der Waals surface area contributed by atoms with Crippen LogP contribution in [0.1, 0.15) is 65.9 Å². The lowest BCUT2D eigenvalue weighted by molar-refractivity contribution is -0.132. The summed E-state index contributed by atoms with van der Waals surface area (Å²) in [5.41, 5.74) is 3.62. The summed E-state index contributed by atoms with van der Waals surface area (Å²) in [6, 6.07) is 9.05. The predicted octanol–water partition coefficient (Wildman–Crippen LogP) is 7.87. The fourth-order valence-electron chi connectivity index (χ4n) is 4.03. The molecule has 0 saturated carbocycles. The van der Waals surface area contributed by atoms with Crippen molar-refractivity contribution in [2.75, 3.05) is 5.32 Å². The summed E-state index contributed by atoms with van der Waals surface area (Å²) in [4.78, 5) is 29.7. The van der Waals surface area contributed by atoms with Crippen molar-refractivity contribution in [1.82, 2.24) is 4.98 Å². The molecular weight excluding hydrogens is 519 g/mol. The number of nitrogens with one attached hydrogen (secondary N) is 1. The summed E-state index contributed by atoms with van der Waals surface area (Å²) in [5, 5.41) is 12.7. The van der Waals surface area contributed by atoms with Gasteiger partial charge in [0.05, 0.1) is 20.6 Å². The Morgan fingerprint density at radius 1 is 1.19 bits per heavy atom. The van der Waals surface area contributed by atoms with Gasteiger partial charge >= 0.3 is 5.97 Å². The lowest BCUT2D eigenvalue weighted by Crippen LogP contribution is -2.12. The number of hydrogen-bond donors (Lipinski definition) is 2. The van der Waals surface area contributed by atoms with E-state index in [1.165, 1.54) is 61.3 Å². The van der Waals surface area contributed by atoms with Gasteiger partial charge < -0.3 is 9.84 Å². The van der Waals surface area contributed by atoms with E-state index in [9.17, 15) is 9.59 Å². The van der Waals surface area contributed by atoms with Crippen LogP contribution in [0.3, 0.4) is 0 Å². The highest BCUT2D eigenvalue weighted by Gasteiger charge is 2.25. The summed E-state index contributed by atoms with van der Waals surface area (Å²) in [6.45, 7) is 4.05. The summed E-state index contributed by atoms with van der Waals surface area (Å²) in [7, 11) is 0. The van der Waals surface area contributed by atoms with Crippen LogP contribution in [0.5, 0.6) is 5.75 Å². The van der Waals surface area contributed by atoms with Gasteiger partial charge in [-0.25, -0.2) is 9.78 Å². The number of carbonyl (C=O) groups is 2. The molecule has 0 fully saturated rings. The number of para-hydroxylation sites is 1. The first-order valence-corrected chi connectivity index (χ1v) is 13.3. The molecule has 3 aromatic rings. The third kappa shape index (κ3) is 5.75. The SMILES string of the molecule is CCCCCCc1cccc2c1OCc1sc(NC(=O)c3cc(Cl)c(C=C(C)C(=O)O)c(Cl)c3)nc1-2. The van der Waals surface area contributed by atoms with E-state index in [1.807, 2.05) is 12.1 Å². The number of aryl methyl sites for hydroxylation is 1. The van der Waals surface area contributed by atoms with Crippen molar-refractivity contribution in [2.24, 2.45) is 0 Å². The maximum atomic E-state index is 12.9. The van der Waals surface area contributed by atoms with Crippen LogP contribution < -0.4 is 10.1 Å². The Morgan fingerprint density at radius 2 is 1.94 bits per heavy atom. The Hall–Kier alpha value is -2.87. The van der Waals surface area contributed by atoms with Gasteiger partial charge in [0.2, 0.25) is 0 Å². The first-order chi connectivity index (χ1) is 17.3. The Kier molecular flexibility index (Phi) is 8.34. The van der Waals surface area contributed by atoms with Crippen LogP contribution in [0.25, 0.3) is 17.3 Å². The Labute approximate surface area is 223 Å². The number of thiazole rings is 1. The molecule has 1 aliphatic rings. The number of nitrogens with zero attached hydrogens (tertiary/aromatic N) is 1. The molecule has 1 amide bonds. The fraction of sp³-hybridized carbons (Fsp3) is 0.296. The molecule has 36 heavy (non-hydrogen) atoms. The smallest absolute Gasteiger partial charge is 0.331 e. The van der Waals surface area contributed by atoms with Crippen LogP contribution in [-0.4, -0.2) is 22.0 Å². The minimum Gasteiger partial charge on any atom is -0.487 e. The van der Waals surface area contributed by atoms with Crippen LogP contribution in [-0.2, 0) is 17.8 Å². The van der Waals surface area contributed by atoms with Crippen molar-refractivity contribution < 1.29 is 19.4 Å². The molecule has 1 aliphatic heterocycles. The van der Waals surface area contributed by atoms with Crippen molar-refractivity contribution in [3.63, 3.8) is 0 Å². The zero-order valence-corrected chi connectivity index (χ0v) is 22.3. The van der Waals surface area contributed by atoms with Gasteiger partial charge in [0, 0.05) is 22.3 Å². The lowest BCUT2D eigenvalue weighted by atomic mass is 9.99. The number of aromatic nitrogens is 1. The topological polar surface area (TPSA) is 88.5 Å². The molecule has 4 rings (SSSR count). The number of anilines is 1. The van der Waals surface area contributed by atoms with Crippen molar-refractivity contribution >= 4 is 57.6 Å². The van der Waals surface area contributed by atoms with E-state index in [1.54, 1.807) is 0 Å². The number of amides is 1. The second-order valence-electron chi connectivity index (χ2n) is 8.62. The summed E-state index contributed by atoms with van der Waals surface area (Å²) >= 11 is 14.0. The third-order valence-corrected chi connectivity index (χ3v) is 7.53. The van der Waals surface area contributed by atoms with Crippen LogP contribution in [0.2, 0.25) is 10.0 Å². The number of ether oxygens (including phenoxy) is 1. The van der Waals surface area contributed by atoms with E-state index in [2.05, 4.69) is 18.3 Å².